The first-order valence-corrected chi connectivity index (χ1v) is 9.04. The van der Waals surface area contributed by atoms with Gasteiger partial charge in [-0.05, 0) is 56.2 Å². The smallest absolute Gasteiger partial charge is 0.262 e. The number of sulfonamides is 1. The zero-order valence-electron chi connectivity index (χ0n) is 13.8. The van der Waals surface area contributed by atoms with E-state index in [1.165, 1.54) is 0 Å². The molecule has 24 heavy (non-hydrogen) atoms. The lowest BCUT2D eigenvalue weighted by Crippen LogP contribution is -2.16. The fourth-order valence-corrected chi connectivity index (χ4v) is 4.42. The molecule has 1 N–H and O–H groups in total. The van der Waals surface area contributed by atoms with Crippen molar-refractivity contribution >= 4 is 15.7 Å². The van der Waals surface area contributed by atoms with Crippen LogP contribution in [0.4, 0.5) is 5.69 Å². The summed E-state index contributed by atoms with van der Waals surface area (Å²) in [4.78, 5) is 4.34. The molecule has 0 radical (unpaired) electrons. The monoisotopic (exact) mass is 341 g/mol. The molecule has 0 bridgehead atoms. The van der Waals surface area contributed by atoms with Crippen LogP contribution in [0.2, 0.25) is 0 Å². The van der Waals surface area contributed by atoms with Crippen molar-refractivity contribution in [3.63, 3.8) is 0 Å². The number of benzene rings is 2. The minimum absolute atomic E-state index is 0.340. The molecule has 0 atom stereocenters. The van der Waals surface area contributed by atoms with E-state index in [-0.39, 0.29) is 0 Å². The molecule has 124 valence electrons. The summed E-state index contributed by atoms with van der Waals surface area (Å²) in [7, 11) is -3.63. The molecule has 0 aliphatic heterocycles. The molecular formula is C18H19N3O2S. The van der Waals surface area contributed by atoms with E-state index in [4.69, 9.17) is 0 Å². The molecule has 2 aromatic carbocycles. The van der Waals surface area contributed by atoms with E-state index in [2.05, 4.69) is 9.71 Å². The largest absolute Gasteiger partial charge is 0.306 e. The number of hydrogen-bond acceptors (Lipinski definition) is 3. The quantitative estimate of drug-likeness (QED) is 0.788. The van der Waals surface area contributed by atoms with E-state index in [0.717, 1.165) is 22.4 Å². The maximum absolute atomic E-state index is 12.7. The summed E-state index contributed by atoms with van der Waals surface area (Å²) < 4.78 is 30.0. The summed E-state index contributed by atoms with van der Waals surface area (Å²) in [5.74, 6) is 0. The van der Waals surface area contributed by atoms with Gasteiger partial charge in [0.25, 0.3) is 10.0 Å². The summed E-state index contributed by atoms with van der Waals surface area (Å²) in [6, 6.07) is 10.9. The lowest BCUT2D eigenvalue weighted by atomic mass is 10.1. The molecule has 0 saturated heterocycles. The minimum atomic E-state index is -3.63. The molecule has 0 aliphatic rings. The Morgan fingerprint density at radius 1 is 1.00 bits per heavy atom. The lowest BCUT2D eigenvalue weighted by molar-refractivity contribution is 0.600. The van der Waals surface area contributed by atoms with E-state index in [0.29, 0.717) is 10.6 Å². The van der Waals surface area contributed by atoms with Gasteiger partial charge in [-0.2, -0.15) is 0 Å². The van der Waals surface area contributed by atoms with Gasteiger partial charge in [-0.15, -0.1) is 0 Å². The highest BCUT2D eigenvalue weighted by Crippen LogP contribution is 2.24. The van der Waals surface area contributed by atoms with Gasteiger partial charge in [-0.1, -0.05) is 17.7 Å². The number of hydrogen-bond donors (Lipinski definition) is 1. The summed E-state index contributed by atoms with van der Waals surface area (Å²) in [5, 5.41) is 0. The maximum atomic E-state index is 12.7. The van der Waals surface area contributed by atoms with Crippen LogP contribution in [0, 0.1) is 20.8 Å². The van der Waals surface area contributed by atoms with Crippen LogP contribution in [-0.2, 0) is 10.0 Å². The van der Waals surface area contributed by atoms with Crippen LogP contribution in [-0.4, -0.2) is 18.0 Å². The summed E-state index contributed by atoms with van der Waals surface area (Å²) >= 11 is 0. The molecule has 5 nitrogen and oxygen atoms in total. The van der Waals surface area contributed by atoms with Crippen LogP contribution in [0.5, 0.6) is 0 Å². The zero-order chi connectivity index (χ0) is 17.3. The molecular weight excluding hydrogens is 322 g/mol. The minimum Gasteiger partial charge on any atom is -0.306 e. The molecule has 1 aromatic heterocycles. The van der Waals surface area contributed by atoms with E-state index < -0.39 is 10.0 Å². The van der Waals surface area contributed by atoms with Gasteiger partial charge >= 0.3 is 0 Å². The summed E-state index contributed by atoms with van der Waals surface area (Å²) in [5.41, 5.74) is 3.98. The van der Waals surface area contributed by atoms with Crippen molar-refractivity contribution in [2.45, 2.75) is 25.7 Å². The van der Waals surface area contributed by atoms with Crippen molar-refractivity contribution in [1.82, 2.24) is 9.55 Å². The van der Waals surface area contributed by atoms with E-state index in [9.17, 15) is 8.42 Å². The van der Waals surface area contributed by atoms with Crippen LogP contribution >= 0.6 is 0 Å². The molecule has 0 saturated carbocycles. The van der Waals surface area contributed by atoms with Crippen molar-refractivity contribution in [3.8, 4) is 5.69 Å². The van der Waals surface area contributed by atoms with Crippen molar-refractivity contribution in [3.05, 3.63) is 71.8 Å². The lowest BCUT2D eigenvalue weighted by Gasteiger charge is -2.14. The standard InChI is InChI=1S/C18H19N3O2S/c1-13-10-14(2)18(15(3)11-13)24(22,23)20-16-4-6-17(7-5-16)21-9-8-19-12-21/h4-12,20H,1-3H3. The maximum Gasteiger partial charge on any atom is 0.262 e. The fourth-order valence-electron chi connectivity index (χ4n) is 2.91. The number of nitrogens with one attached hydrogen (secondary N) is 1. The van der Waals surface area contributed by atoms with Crippen LogP contribution in [0.25, 0.3) is 5.69 Å². The van der Waals surface area contributed by atoms with Crippen LogP contribution in [0.1, 0.15) is 16.7 Å². The van der Waals surface area contributed by atoms with E-state index in [1.807, 2.05) is 55.8 Å². The first kappa shape index (κ1) is 16.3. The Bertz CT molecular complexity index is 937. The van der Waals surface area contributed by atoms with Crippen LogP contribution < -0.4 is 4.72 Å². The van der Waals surface area contributed by atoms with E-state index >= 15 is 0 Å². The van der Waals surface area contributed by atoms with Crippen molar-refractivity contribution in [1.29, 1.82) is 0 Å². The Hall–Kier alpha value is -2.60. The predicted molar refractivity (Wildman–Crippen MR) is 95.0 cm³/mol. The average molecular weight is 341 g/mol. The molecule has 0 fully saturated rings. The Morgan fingerprint density at radius 2 is 1.62 bits per heavy atom. The predicted octanol–water partition coefficient (Wildman–Crippen LogP) is 3.60. The van der Waals surface area contributed by atoms with E-state index in [1.54, 1.807) is 24.7 Å². The van der Waals surface area contributed by atoms with Gasteiger partial charge in [0.15, 0.2) is 0 Å². The molecule has 0 aliphatic carbocycles. The second-order valence-electron chi connectivity index (χ2n) is 5.85. The first-order valence-electron chi connectivity index (χ1n) is 7.56. The normalized spacial score (nSPS) is 11.5. The number of nitrogens with zero attached hydrogens (tertiary/aromatic N) is 2. The highest BCUT2D eigenvalue weighted by molar-refractivity contribution is 7.92. The molecule has 6 heteroatoms. The fraction of sp³-hybridized carbons (Fsp3) is 0.167. The summed E-state index contributed by atoms with van der Waals surface area (Å²) in [6.45, 7) is 5.59. The SMILES string of the molecule is Cc1cc(C)c(S(=O)(=O)Nc2ccc(-n3ccnc3)cc2)c(C)c1. The third kappa shape index (κ3) is 3.19. The number of aryl methyl sites for hydroxylation is 3. The third-order valence-corrected chi connectivity index (χ3v) is 5.48. The van der Waals surface area contributed by atoms with Crippen LogP contribution in [0.3, 0.4) is 0 Å². The Kier molecular flexibility index (Phi) is 4.15. The topological polar surface area (TPSA) is 64.0 Å². The van der Waals surface area contributed by atoms with Gasteiger partial charge in [0.2, 0.25) is 0 Å². The number of anilines is 1. The van der Waals surface area contributed by atoms with Gasteiger partial charge in [0, 0.05) is 23.8 Å². The van der Waals surface area contributed by atoms with Crippen molar-refractivity contribution in [2.75, 3.05) is 4.72 Å². The molecule has 3 aromatic rings. The van der Waals surface area contributed by atoms with Gasteiger partial charge in [-0.25, -0.2) is 13.4 Å². The average Bonchev–Trinajstić information content (AvgIpc) is 3.00. The number of imidazole rings is 1. The highest BCUT2D eigenvalue weighted by atomic mass is 32.2. The van der Waals surface area contributed by atoms with Crippen LogP contribution in [0.15, 0.2) is 60.0 Å². The van der Waals surface area contributed by atoms with Crippen molar-refractivity contribution < 1.29 is 8.42 Å². The molecule has 3 rings (SSSR count). The summed E-state index contributed by atoms with van der Waals surface area (Å²) in [6.07, 6.45) is 5.22. The zero-order valence-corrected chi connectivity index (χ0v) is 14.6. The Morgan fingerprint density at radius 3 is 2.17 bits per heavy atom. The molecule has 0 unspecified atom stereocenters. The van der Waals surface area contributed by atoms with Gasteiger partial charge in [0.05, 0.1) is 11.2 Å². The Balaban J connectivity index is 1.90. The van der Waals surface area contributed by atoms with Gasteiger partial charge in [0.1, 0.15) is 0 Å². The number of rotatable bonds is 4. The second-order valence-corrected chi connectivity index (χ2v) is 7.47. The van der Waals surface area contributed by atoms with Gasteiger partial charge in [-0.3, -0.25) is 4.72 Å². The second kappa shape index (κ2) is 6.13. The third-order valence-electron chi connectivity index (χ3n) is 3.80. The molecule has 0 spiro atoms. The highest BCUT2D eigenvalue weighted by Gasteiger charge is 2.20. The molecule has 1 heterocycles. The Labute approximate surface area is 142 Å². The first-order chi connectivity index (χ1) is 11.4. The van der Waals surface area contributed by atoms with Gasteiger partial charge < -0.3 is 4.57 Å². The molecule has 0 amide bonds. The number of aromatic nitrogens is 2. The van der Waals surface area contributed by atoms with Crippen molar-refractivity contribution in [2.24, 2.45) is 0 Å².